The molecule has 4 heterocycles. The molecule has 7 rings (SSSR count). The van der Waals surface area contributed by atoms with Gasteiger partial charge in [-0.1, -0.05) is 51.0 Å². The van der Waals surface area contributed by atoms with Crippen LogP contribution in [0.5, 0.6) is 0 Å². The third-order valence-corrected chi connectivity index (χ3v) is 13.3. The lowest BCUT2D eigenvalue weighted by atomic mass is 10.0. The fourth-order valence-corrected chi connectivity index (χ4v) is 10.6. The summed E-state index contributed by atoms with van der Waals surface area (Å²) in [6.07, 6.45) is -11.5. The Morgan fingerprint density at radius 3 is 1.15 bits per heavy atom. The summed E-state index contributed by atoms with van der Waals surface area (Å²) in [7, 11) is -21.7. The molecule has 0 saturated heterocycles. The zero-order valence-electron chi connectivity index (χ0n) is 25.1. The van der Waals surface area contributed by atoms with Crippen molar-refractivity contribution in [2.45, 2.75) is 22.1 Å². The maximum Gasteiger partial charge on any atom is 0.417 e. The van der Waals surface area contributed by atoms with Gasteiger partial charge in [-0.25, -0.2) is 0 Å². The minimum absolute atomic E-state index is 0.0800. The van der Waals surface area contributed by atoms with Gasteiger partial charge in [-0.15, -0.1) is 22.7 Å². The lowest BCUT2D eigenvalue weighted by molar-refractivity contribution is -0.141. The Morgan fingerprint density at radius 2 is 0.815 bits per heavy atom. The first-order chi connectivity index (χ1) is 24.3. The Hall–Kier alpha value is -3.72. The summed E-state index contributed by atoms with van der Waals surface area (Å²) in [4.78, 5) is -6.20. The second kappa shape index (κ2) is 10.6. The van der Waals surface area contributed by atoms with Crippen molar-refractivity contribution in [2.24, 2.45) is 8.73 Å². The van der Waals surface area contributed by atoms with E-state index in [4.69, 9.17) is 0 Å². The third-order valence-electron chi connectivity index (χ3n) is 7.60. The molecule has 1 aliphatic rings. The van der Waals surface area contributed by atoms with Crippen LogP contribution in [0.4, 0.5) is 76.6 Å². The second-order valence-electron chi connectivity index (χ2n) is 11.4. The van der Waals surface area contributed by atoms with Crippen molar-refractivity contribution in [2.75, 3.05) is 0 Å². The Morgan fingerprint density at radius 1 is 0.463 bits per heavy atom. The SMILES string of the molecule is FC(F)(F)c1ccc(-c2ccc(-c3c4c(c(-c5ccc(-c6ccc(C(F)(F)F)c(S(F)(F)(F)(F)F)c6)s5)c5nsnc35)N=S=N4)s2)cc1S(F)(F)(F)(F)F. The zero-order chi connectivity index (χ0) is 39.8. The van der Waals surface area contributed by atoms with Crippen molar-refractivity contribution < 1.29 is 65.2 Å². The molecule has 0 unspecified atom stereocenters. The average molecular weight is 899 g/mol. The van der Waals surface area contributed by atoms with Crippen LogP contribution >= 0.6 is 54.8 Å². The third kappa shape index (κ3) is 6.99. The van der Waals surface area contributed by atoms with Gasteiger partial charge in [-0.2, -0.15) is 43.8 Å². The number of halogens is 16. The van der Waals surface area contributed by atoms with Crippen LogP contribution in [0.25, 0.3) is 52.8 Å². The number of thiophene rings is 2. The van der Waals surface area contributed by atoms with Gasteiger partial charge in [0, 0.05) is 30.6 Å². The van der Waals surface area contributed by atoms with Crippen molar-refractivity contribution in [1.82, 2.24) is 8.75 Å². The largest absolute Gasteiger partial charge is 0.417 e. The van der Waals surface area contributed by atoms with E-state index in [1.54, 1.807) is 0 Å². The summed E-state index contributed by atoms with van der Waals surface area (Å²) in [5, 5.41) is 0. The second-order valence-corrected chi connectivity index (χ2v) is 19.3. The predicted octanol–water partition coefficient (Wildman–Crippen LogP) is 16.6. The molecule has 0 spiro atoms. The highest BCUT2D eigenvalue weighted by Gasteiger charge is 2.69. The van der Waals surface area contributed by atoms with E-state index in [9.17, 15) is 65.2 Å². The van der Waals surface area contributed by atoms with Gasteiger partial charge in [0.05, 0.1) is 34.2 Å². The first kappa shape index (κ1) is 38.6. The lowest BCUT2D eigenvalue weighted by Crippen LogP contribution is -2.16. The highest BCUT2D eigenvalue weighted by Crippen LogP contribution is 3.03. The molecule has 3 aromatic heterocycles. The smallest absolute Gasteiger partial charge is 0.172 e. The normalized spacial score (nSPS) is 16.4. The van der Waals surface area contributed by atoms with Gasteiger partial charge in [0.15, 0.2) is 0 Å². The van der Waals surface area contributed by atoms with Crippen LogP contribution in [0.15, 0.2) is 79.2 Å². The standard InChI is InChI=1S/C28H10F16N4S6/c29-27(30,31)13-3-1-11(9-19(13)53(35,36,37,38)39)15-5-7-17(49-15)21-23-25(47-51-45-23)22(26-24(21)46-52-48-26)18-8-6-16(50-18)12-2-4-14(28(32,33)34)20(10-12)54(40,41,42,43)44/h1-10H. The quantitative estimate of drug-likeness (QED) is 0.156. The monoisotopic (exact) mass is 898 g/mol. The number of nitrogens with zero attached hydrogens (tertiary/aromatic N) is 4. The van der Waals surface area contributed by atoms with Gasteiger partial charge < -0.3 is 0 Å². The predicted molar refractivity (Wildman–Crippen MR) is 179 cm³/mol. The fraction of sp³-hybridized carbons (Fsp3) is 0.0714. The molecular weight excluding hydrogens is 889 g/mol. The molecule has 3 aromatic carbocycles. The van der Waals surface area contributed by atoms with E-state index < -0.39 is 64.8 Å². The van der Waals surface area contributed by atoms with E-state index in [1.165, 1.54) is 24.3 Å². The minimum Gasteiger partial charge on any atom is -0.172 e. The number of aromatic nitrogens is 2. The van der Waals surface area contributed by atoms with Gasteiger partial charge in [-0.05, 0) is 59.7 Å². The van der Waals surface area contributed by atoms with Crippen LogP contribution in [0.1, 0.15) is 11.1 Å². The molecule has 290 valence electrons. The molecule has 0 amide bonds. The van der Waals surface area contributed by atoms with Gasteiger partial charge in [0.2, 0.25) is 0 Å². The van der Waals surface area contributed by atoms with Crippen molar-refractivity contribution in [3.63, 3.8) is 0 Å². The van der Waals surface area contributed by atoms with Gasteiger partial charge in [0.1, 0.15) is 32.2 Å². The average Bonchev–Trinajstić information content (AvgIpc) is 3.83. The van der Waals surface area contributed by atoms with Crippen LogP contribution in [0.2, 0.25) is 0 Å². The van der Waals surface area contributed by atoms with E-state index in [2.05, 4.69) is 17.5 Å². The molecule has 0 atom stereocenters. The number of rotatable bonds is 6. The zero-order valence-corrected chi connectivity index (χ0v) is 30.0. The molecule has 0 bridgehead atoms. The summed E-state index contributed by atoms with van der Waals surface area (Å²) in [5.41, 5.74) is -5.73. The summed E-state index contributed by atoms with van der Waals surface area (Å²) < 4.78 is 235. The molecule has 6 aromatic rings. The van der Waals surface area contributed by atoms with E-state index in [0.29, 0.717) is 57.9 Å². The molecule has 0 radical (unpaired) electrons. The molecule has 26 heteroatoms. The van der Waals surface area contributed by atoms with E-state index in [-0.39, 0.29) is 77.3 Å². The molecule has 0 N–H and O–H groups in total. The Bertz CT molecular complexity index is 2470. The van der Waals surface area contributed by atoms with Gasteiger partial charge in [-0.3, -0.25) is 0 Å². The number of fused-ring (bicyclic) bond motifs is 2. The summed E-state index contributed by atoms with van der Waals surface area (Å²) in [5.74, 6) is 0. The molecular formula is C28H10F16N4S6. The summed E-state index contributed by atoms with van der Waals surface area (Å²) in [6.45, 7) is 0. The summed E-state index contributed by atoms with van der Waals surface area (Å²) >= 11 is 2.64. The van der Waals surface area contributed by atoms with Gasteiger partial charge >= 0.3 is 32.8 Å². The van der Waals surface area contributed by atoms with Crippen molar-refractivity contribution in [3.05, 3.63) is 71.8 Å². The highest BCUT2D eigenvalue weighted by molar-refractivity contribution is 8.46. The van der Waals surface area contributed by atoms with Gasteiger partial charge in [0.25, 0.3) is 0 Å². The van der Waals surface area contributed by atoms with Crippen LogP contribution in [0, 0.1) is 0 Å². The van der Waals surface area contributed by atoms with E-state index in [0.717, 1.165) is 0 Å². The Balaban J connectivity index is 1.34. The Labute approximate surface area is 305 Å². The van der Waals surface area contributed by atoms with Crippen LogP contribution < -0.4 is 0 Å². The maximum atomic E-state index is 13.8. The minimum atomic E-state index is -10.9. The van der Waals surface area contributed by atoms with Crippen molar-refractivity contribution in [1.29, 1.82) is 0 Å². The van der Waals surface area contributed by atoms with E-state index in [1.807, 2.05) is 0 Å². The topological polar surface area (TPSA) is 50.5 Å². The molecule has 4 nitrogen and oxygen atoms in total. The van der Waals surface area contributed by atoms with Crippen LogP contribution in [0.3, 0.4) is 0 Å². The van der Waals surface area contributed by atoms with E-state index >= 15 is 0 Å². The number of benzene rings is 3. The fourth-order valence-electron chi connectivity index (χ4n) is 5.44. The molecule has 0 saturated carbocycles. The first-order valence-electron chi connectivity index (χ1n) is 13.8. The summed E-state index contributed by atoms with van der Waals surface area (Å²) in [6, 6.07) is 5.39. The van der Waals surface area contributed by atoms with Crippen molar-refractivity contribution >= 4 is 88.6 Å². The molecule has 0 aliphatic carbocycles. The van der Waals surface area contributed by atoms with Crippen molar-refractivity contribution in [3.8, 4) is 41.8 Å². The number of hydrogen-bond donors (Lipinski definition) is 0. The van der Waals surface area contributed by atoms with Crippen LogP contribution in [-0.2, 0) is 23.7 Å². The highest BCUT2D eigenvalue weighted by atomic mass is 32.5. The number of hydrogen-bond acceptors (Lipinski definition) is 7. The molecule has 54 heavy (non-hydrogen) atoms. The molecule has 1 aliphatic heterocycles. The maximum absolute atomic E-state index is 13.8. The van der Waals surface area contributed by atoms with Crippen LogP contribution in [-0.4, -0.2) is 8.75 Å². The first-order valence-corrected chi connectivity index (χ1v) is 20.8. The number of alkyl halides is 6. The molecule has 0 fully saturated rings. The lowest BCUT2D eigenvalue weighted by Gasteiger charge is -2.42. The Kier molecular flexibility index (Phi) is 7.54.